The van der Waals surface area contributed by atoms with Crippen molar-refractivity contribution in [2.75, 3.05) is 17.6 Å². The molecule has 0 heterocycles. The summed E-state index contributed by atoms with van der Waals surface area (Å²) in [6.07, 6.45) is -0.100. The van der Waals surface area contributed by atoms with Crippen molar-refractivity contribution in [2.24, 2.45) is 0 Å². The minimum Gasteiger partial charge on any atom is -0.444 e. The van der Waals surface area contributed by atoms with Crippen molar-refractivity contribution in [1.82, 2.24) is 10.2 Å². The van der Waals surface area contributed by atoms with E-state index in [0.29, 0.717) is 24.2 Å². The number of hydrogen-bond donors (Lipinski definition) is 3. The molecule has 3 rings (SSSR count). The van der Waals surface area contributed by atoms with Gasteiger partial charge in [0, 0.05) is 18.0 Å². The van der Waals surface area contributed by atoms with Crippen LogP contribution in [0, 0.1) is 13.8 Å². The van der Waals surface area contributed by atoms with E-state index in [0.717, 1.165) is 21.9 Å². The van der Waals surface area contributed by atoms with E-state index in [2.05, 4.69) is 23.3 Å². The quantitative estimate of drug-likeness (QED) is 0.278. The lowest BCUT2D eigenvalue weighted by Crippen LogP contribution is -2.53. The summed E-state index contributed by atoms with van der Waals surface area (Å²) in [7, 11) is 0. The third-order valence-corrected chi connectivity index (χ3v) is 6.71. The second-order valence-electron chi connectivity index (χ2n) is 10.7. The van der Waals surface area contributed by atoms with Crippen LogP contribution in [0.2, 0.25) is 0 Å². The molecule has 208 valence electrons. The Labute approximate surface area is 236 Å². The summed E-state index contributed by atoms with van der Waals surface area (Å²) in [6.45, 7) is 11.5. The van der Waals surface area contributed by atoms with Gasteiger partial charge >= 0.3 is 6.09 Å². The summed E-state index contributed by atoms with van der Waals surface area (Å²) in [5.41, 5.74) is 2.69. The molecule has 3 aromatic carbocycles. The number of hydrogen-bond acceptors (Lipinski definition) is 5. The smallest absolute Gasteiger partial charge is 0.408 e. The number of anilines is 1. The van der Waals surface area contributed by atoms with Crippen LogP contribution >= 0.6 is 12.6 Å². The highest BCUT2D eigenvalue weighted by Gasteiger charge is 2.35. The summed E-state index contributed by atoms with van der Waals surface area (Å²) in [5, 5.41) is 7.72. The van der Waals surface area contributed by atoms with Crippen molar-refractivity contribution in [1.29, 1.82) is 0 Å². The number of nitrogens with one attached hydrogen (secondary N) is 2. The van der Waals surface area contributed by atoms with E-state index in [9.17, 15) is 14.4 Å². The fraction of sp³-hybridized carbons (Fsp3) is 0.387. The molecule has 2 atom stereocenters. The van der Waals surface area contributed by atoms with Crippen molar-refractivity contribution >= 4 is 47.0 Å². The number of carbonyl (C=O) groups is 3. The predicted molar refractivity (Wildman–Crippen MR) is 160 cm³/mol. The monoisotopic (exact) mass is 549 g/mol. The molecule has 39 heavy (non-hydrogen) atoms. The number of ether oxygens (including phenoxy) is 1. The maximum atomic E-state index is 14.0. The normalized spacial score (nSPS) is 12.9. The average Bonchev–Trinajstić information content (AvgIpc) is 2.87. The fourth-order valence-corrected chi connectivity index (χ4v) is 4.58. The molecular formula is C31H39N3O4S. The maximum absolute atomic E-state index is 14.0. The van der Waals surface area contributed by atoms with E-state index in [1.165, 1.54) is 4.90 Å². The minimum atomic E-state index is -0.975. The van der Waals surface area contributed by atoms with E-state index in [-0.39, 0.29) is 11.7 Å². The lowest BCUT2D eigenvalue weighted by Gasteiger charge is -2.34. The first-order valence-electron chi connectivity index (χ1n) is 13.2. The van der Waals surface area contributed by atoms with Crippen LogP contribution in [-0.2, 0) is 14.3 Å². The van der Waals surface area contributed by atoms with E-state index in [1.807, 2.05) is 81.4 Å². The van der Waals surface area contributed by atoms with Crippen LogP contribution < -0.4 is 10.6 Å². The van der Waals surface area contributed by atoms with E-state index in [4.69, 9.17) is 4.74 Å². The van der Waals surface area contributed by atoms with Gasteiger partial charge in [-0.1, -0.05) is 55.5 Å². The van der Waals surface area contributed by atoms with Crippen LogP contribution in [-0.4, -0.2) is 46.7 Å². The molecule has 3 amide bonds. The molecular weight excluding hydrogens is 510 g/mol. The molecule has 0 saturated heterocycles. The second-order valence-corrected chi connectivity index (χ2v) is 11.1. The largest absolute Gasteiger partial charge is 0.444 e. The van der Waals surface area contributed by atoms with Crippen LogP contribution in [0.15, 0.2) is 60.7 Å². The van der Waals surface area contributed by atoms with Crippen molar-refractivity contribution in [3.05, 3.63) is 77.4 Å². The highest BCUT2D eigenvalue weighted by Crippen LogP contribution is 2.27. The number of benzene rings is 3. The van der Waals surface area contributed by atoms with Gasteiger partial charge in [0.1, 0.15) is 17.7 Å². The van der Waals surface area contributed by atoms with Gasteiger partial charge in [-0.3, -0.25) is 9.59 Å². The number of thiol groups is 1. The molecule has 0 fully saturated rings. The summed E-state index contributed by atoms with van der Waals surface area (Å²) >= 11 is 4.34. The molecule has 3 aromatic rings. The molecule has 0 aliphatic heterocycles. The zero-order valence-corrected chi connectivity index (χ0v) is 24.5. The summed E-state index contributed by atoms with van der Waals surface area (Å²) < 4.78 is 5.36. The maximum Gasteiger partial charge on any atom is 0.408 e. The third kappa shape index (κ3) is 7.99. The Morgan fingerprint density at radius 1 is 0.949 bits per heavy atom. The summed E-state index contributed by atoms with van der Waals surface area (Å²) in [5.74, 6) is -0.704. The molecule has 0 radical (unpaired) electrons. The zero-order valence-electron chi connectivity index (χ0n) is 23.6. The Hall–Kier alpha value is -3.52. The van der Waals surface area contributed by atoms with Gasteiger partial charge in [-0.15, -0.1) is 0 Å². The molecule has 0 bridgehead atoms. The number of fused-ring (bicyclic) bond motifs is 1. The molecule has 2 N–H and O–H groups in total. The van der Waals surface area contributed by atoms with Gasteiger partial charge in [0.25, 0.3) is 5.91 Å². The standard InChI is InChI=1S/C31H39N3O4S/c1-7-16-34(29(36)26(19-39)33-30(37)38-31(4,5)6)27(24-13-12-20(2)21(3)17-24)28(35)32-25-15-14-22-10-8-9-11-23(22)18-25/h8-15,17-18,26-27,39H,7,16,19H2,1-6H3,(H,32,35)(H,33,37). The molecule has 8 heteroatoms. The van der Waals surface area contributed by atoms with Gasteiger partial charge in [-0.2, -0.15) is 12.6 Å². The predicted octanol–water partition coefficient (Wildman–Crippen LogP) is 6.20. The van der Waals surface area contributed by atoms with Crippen LogP contribution in [0.25, 0.3) is 10.8 Å². The van der Waals surface area contributed by atoms with E-state index in [1.54, 1.807) is 20.8 Å². The van der Waals surface area contributed by atoms with Crippen molar-refractivity contribution in [3.8, 4) is 0 Å². The number of alkyl carbamates (subject to hydrolysis) is 1. The summed E-state index contributed by atoms with van der Waals surface area (Å²) in [6, 6.07) is 17.5. The van der Waals surface area contributed by atoms with E-state index < -0.39 is 29.7 Å². The minimum absolute atomic E-state index is 0.0459. The fourth-order valence-electron chi connectivity index (χ4n) is 4.33. The van der Waals surface area contributed by atoms with Crippen molar-refractivity contribution < 1.29 is 19.1 Å². The van der Waals surface area contributed by atoms with Gasteiger partial charge in [0.2, 0.25) is 5.91 Å². The molecule has 7 nitrogen and oxygen atoms in total. The Bertz CT molecular complexity index is 1330. The Morgan fingerprint density at radius 2 is 1.64 bits per heavy atom. The highest BCUT2D eigenvalue weighted by molar-refractivity contribution is 7.80. The Balaban J connectivity index is 1.99. The first-order chi connectivity index (χ1) is 18.4. The zero-order chi connectivity index (χ0) is 28.7. The second kappa shape index (κ2) is 13.0. The third-order valence-electron chi connectivity index (χ3n) is 6.34. The molecule has 0 aliphatic rings. The topological polar surface area (TPSA) is 87.7 Å². The van der Waals surface area contributed by atoms with Crippen LogP contribution in [0.4, 0.5) is 10.5 Å². The van der Waals surface area contributed by atoms with Crippen molar-refractivity contribution in [2.45, 2.75) is 65.6 Å². The molecule has 0 aliphatic carbocycles. The number of amides is 3. The number of carbonyl (C=O) groups excluding carboxylic acids is 3. The van der Waals surface area contributed by atoms with Crippen LogP contribution in [0.5, 0.6) is 0 Å². The molecule has 0 spiro atoms. The van der Waals surface area contributed by atoms with Crippen LogP contribution in [0.3, 0.4) is 0 Å². The summed E-state index contributed by atoms with van der Waals surface area (Å²) in [4.78, 5) is 41.9. The number of nitrogens with zero attached hydrogens (tertiary/aromatic N) is 1. The molecule has 0 saturated carbocycles. The van der Waals surface area contributed by atoms with Gasteiger partial charge < -0.3 is 20.3 Å². The lowest BCUT2D eigenvalue weighted by atomic mass is 9.98. The highest BCUT2D eigenvalue weighted by atomic mass is 32.1. The van der Waals surface area contributed by atoms with Gasteiger partial charge in [0.15, 0.2) is 0 Å². The average molecular weight is 550 g/mol. The van der Waals surface area contributed by atoms with Gasteiger partial charge in [-0.05, 0) is 80.6 Å². The Kier molecular flexibility index (Phi) is 10.0. The van der Waals surface area contributed by atoms with Crippen LogP contribution in [0.1, 0.15) is 56.8 Å². The van der Waals surface area contributed by atoms with Gasteiger partial charge in [0.05, 0.1) is 0 Å². The first kappa shape index (κ1) is 30.0. The van der Waals surface area contributed by atoms with Crippen molar-refractivity contribution in [3.63, 3.8) is 0 Å². The molecule has 2 unspecified atom stereocenters. The lowest BCUT2D eigenvalue weighted by molar-refractivity contribution is -0.140. The number of rotatable bonds is 9. The molecule has 0 aromatic heterocycles. The van der Waals surface area contributed by atoms with Gasteiger partial charge in [-0.25, -0.2) is 4.79 Å². The SMILES string of the molecule is CCCN(C(=O)C(CS)NC(=O)OC(C)(C)C)C(C(=O)Nc1ccc2ccccc2c1)c1ccc(C)c(C)c1. The first-order valence-corrected chi connectivity index (χ1v) is 13.8. The van der Waals surface area contributed by atoms with E-state index >= 15 is 0 Å². The Morgan fingerprint density at radius 3 is 2.26 bits per heavy atom. The number of aryl methyl sites for hydroxylation is 2.